The van der Waals surface area contributed by atoms with E-state index in [9.17, 15) is 4.79 Å². The molecule has 1 saturated heterocycles. The molecule has 1 atom stereocenters. The van der Waals surface area contributed by atoms with Gasteiger partial charge in [-0.3, -0.25) is 4.57 Å². The molecule has 0 aliphatic carbocycles. The number of halogens is 1. The molecule has 1 aromatic carbocycles. The monoisotopic (exact) mass is 309 g/mol. The smallest absolute Gasteiger partial charge is 0.305 e. The van der Waals surface area contributed by atoms with Crippen molar-refractivity contribution >= 4 is 27.0 Å². The van der Waals surface area contributed by atoms with Crippen molar-refractivity contribution in [3.05, 3.63) is 33.2 Å². The normalized spacial score (nSPS) is 20.9. The number of likely N-dealkylation sites (tertiary alicyclic amines) is 1. The Morgan fingerprint density at radius 1 is 1.50 bits per heavy atom. The minimum absolute atomic E-state index is 0.0165. The second kappa shape index (κ2) is 4.55. The molecular formula is C13H16BrN3O. The van der Waals surface area contributed by atoms with Gasteiger partial charge in [-0.25, -0.2) is 4.79 Å². The lowest BCUT2D eigenvalue weighted by Gasteiger charge is -2.19. The van der Waals surface area contributed by atoms with Crippen LogP contribution in [0.3, 0.4) is 0 Å². The largest absolute Gasteiger partial charge is 0.326 e. The molecule has 0 spiro atoms. The van der Waals surface area contributed by atoms with Gasteiger partial charge in [-0.05, 0) is 54.5 Å². The number of fused-ring (bicyclic) bond motifs is 1. The lowest BCUT2D eigenvalue weighted by molar-refractivity contribution is 0.282. The number of likely N-dealkylation sites (N-methyl/N-ethyl adjacent to an activating group) is 1. The van der Waals surface area contributed by atoms with Crippen molar-refractivity contribution in [2.24, 2.45) is 0 Å². The van der Waals surface area contributed by atoms with Crippen molar-refractivity contribution in [1.29, 1.82) is 0 Å². The number of para-hydroxylation sites is 1. The molecule has 2 heterocycles. The van der Waals surface area contributed by atoms with Gasteiger partial charge in [0.05, 0.1) is 11.0 Å². The summed E-state index contributed by atoms with van der Waals surface area (Å²) in [5.74, 6) is 0. The zero-order valence-corrected chi connectivity index (χ0v) is 11.9. The van der Waals surface area contributed by atoms with Gasteiger partial charge in [0.15, 0.2) is 0 Å². The Morgan fingerprint density at radius 3 is 3.06 bits per heavy atom. The summed E-state index contributed by atoms with van der Waals surface area (Å²) < 4.78 is 2.82. The van der Waals surface area contributed by atoms with E-state index in [2.05, 4.69) is 32.9 Å². The Labute approximate surface area is 114 Å². The van der Waals surface area contributed by atoms with E-state index in [0.29, 0.717) is 6.04 Å². The van der Waals surface area contributed by atoms with Gasteiger partial charge in [0.25, 0.3) is 0 Å². The first-order chi connectivity index (χ1) is 8.66. The maximum atomic E-state index is 12.1. The predicted octanol–water partition coefficient (Wildman–Crippen LogP) is 2.19. The van der Waals surface area contributed by atoms with Crippen LogP contribution in [0.15, 0.2) is 27.5 Å². The molecule has 1 N–H and O–H groups in total. The number of hydrogen-bond donors (Lipinski definition) is 1. The molecule has 3 rings (SSSR count). The van der Waals surface area contributed by atoms with Gasteiger partial charge in [-0.15, -0.1) is 0 Å². The highest BCUT2D eigenvalue weighted by Crippen LogP contribution is 2.23. The first kappa shape index (κ1) is 12.0. The van der Waals surface area contributed by atoms with E-state index in [1.807, 2.05) is 22.8 Å². The summed E-state index contributed by atoms with van der Waals surface area (Å²) in [4.78, 5) is 17.3. The number of imidazole rings is 1. The molecule has 0 radical (unpaired) electrons. The fourth-order valence-corrected chi connectivity index (χ4v) is 3.35. The maximum absolute atomic E-state index is 12.1. The molecule has 2 aromatic rings. The van der Waals surface area contributed by atoms with Crippen LogP contribution in [-0.4, -0.2) is 34.1 Å². The number of H-pyrrole nitrogens is 1. The summed E-state index contributed by atoms with van der Waals surface area (Å²) >= 11 is 3.53. The maximum Gasteiger partial charge on any atom is 0.326 e. The molecule has 1 fully saturated rings. The SMILES string of the molecule is CN1CCCC1Cn1c(=O)[nH]c2cccc(Br)c21. The topological polar surface area (TPSA) is 41.0 Å². The third-order valence-electron chi connectivity index (χ3n) is 3.81. The third-order valence-corrected chi connectivity index (χ3v) is 4.45. The van der Waals surface area contributed by atoms with Crippen molar-refractivity contribution in [3.63, 3.8) is 0 Å². The zero-order valence-electron chi connectivity index (χ0n) is 10.3. The predicted molar refractivity (Wildman–Crippen MR) is 75.9 cm³/mol. The van der Waals surface area contributed by atoms with E-state index in [1.54, 1.807) is 0 Å². The second-order valence-electron chi connectivity index (χ2n) is 4.95. The highest BCUT2D eigenvalue weighted by atomic mass is 79.9. The van der Waals surface area contributed by atoms with E-state index in [-0.39, 0.29) is 5.69 Å². The average Bonchev–Trinajstić information content (AvgIpc) is 2.86. The molecule has 5 heteroatoms. The average molecular weight is 310 g/mol. The van der Waals surface area contributed by atoms with Gasteiger partial charge in [-0.2, -0.15) is 0 Å². The molecule has 0 amide bonds. The van der Waals surface area contributed by atoms with Crippen molar-refractivity contribution < 1.29 is 0 Å². The summed E-state index contributed by atoms with van der Waals surface area (Å²) in [7, 11) is 2.13. The van der Waals surface area contributed by atoms with E-state index >= 15 is 0 Å². The first-order valence-electron chi connectivity index (χ1n) is 6.24. The summed E-state index contributed by atoms with van der Waals surface area (Å²) in [6.45, 7) is 1.89. The molecule has 96 valence electrons. The van der Waals surface area contributed by atoms with E-state index in [1.165, 1.54) is 12.8 Å². The van der Waals surface area contributed by atoms with Gasteiger partial charge in [0, 0.05) is 17.1 Å². The van der Waals surface area contributed by atoms with Crippen molar-refractivity contribution in [1.82, 2.24) is 14.5 Å². The number of aromatic nitrogens is 2. The summed E-state index contributed by atoms with van der Waals surface area (Å²) in [5, 5.41) is 0. The molecular weight excluding hydrogens is 294 g/mol. The molecule has 1 aromatic heterocycles. The fraction of sp³-hybridized carbons (Fsp3) is 0.462. The summed E-state index contributed by atoms with van der Waals surface area (Å²) in [5.41, 5.74) is 1.86. The third kappa shape index (κ3) is 1.91. The molecule has 1 aliphatic rings. The number of hydrogen-bond acceptors (Lipinski definition) is 2. The molecule has 18 heavy (non-hydrogen) atoms. The Balaban J connectivity index is 2.06. The minimum atomic E-state index is -0.0165. The van der Waals surface area contributed by atoms with Gasteiger partial charge in [0.2, 0.25) is 0 Å². The van der Waals surface area contributed by atoms with Crippen molar-refractivity contribution in [2.75, 3.05) is 13.6 Å². The number of benzene rings is 1. The molecule has 0 bridgehead atoms. The number of nitrogens with zero attached hydrogens (tertiary/aromatic N) is 2. The van der Waals surface area contributed by atoms with Crippen LogP contribution in [0.4, 0.5) is 0 Å². The van der Waals surface area contributed by atoms with Crippen molar-refractivity contribution in [2.45, 2.75) is 25.4 Å². The number of aromatic amines is 1. The standard InChI is InChI=1S/C13H16BrN3O/c1-16-7-3-4-9(16)8-17-12-10(14)5-2-6-11(12)15-13(17)18/h2,5-6,9H,3-4,7-8H2,1H3,(H,15,18). The highest BCUT2D eigenvalue weighted by Gasteiger charge is 2.23. The second-order valence-corrected chi connectivity index (χ2v) is 5.81. The van der Waals surface area contributed by atoms with Gasteiger partial charge in [0.1, 0.15) is 0 Å². The Hall–Kier alpha value is -1.07. The van der Waals surface area contributed by atoms with Gasteiger partial charge < -0.3 is 9.88 Å². The Morgan fingerprint density at radius 2 is 2.33 bits per heavy atom. The first-order valence-corrected chi connectivity index (χ1v) is 7.03. The molecule has 1 aliphatic heterocycles. The molecule has 1 unspecified atom stereocenters. The number of nitrogens with one attached hydrogen (secondary N) is 1. The van der Waals surface area contributed by atoms with Crippen LogP contribution in [0.5, 0.6) is 0 Å². The zero-order chi connectivity index (χ0) is 12.7. The van der Waals surface area contributed by atoms with Crippen LogP contribution in [0.25, 0.3) is 11.0 Å². The van der Waals surface area contributed by atoms with Crippen molar-refractivity contribution in [3.8, 4) is 0 Å². The quantitative estimate of drug-likeness (QED) is 0.924. The van der Waals surface area contributed by atoms with Crippen LogP contribution >= 0.6 is 15.9 Å². The summed E-state index contributed by atoms with van der Waals surface area (Å²) in [6.07, 6.45) is 2.39. The van der Waals surface area contributed by atoms with Crippen LogP contribution in [0.1, 0.15) is 12.8 Å². The van der Waals surface area contributed by atoms with Crippen LogP contribution in [-0.2, 0) is 6.54 Å². The summed E-state index contributed by atoms with van der Waals surface area (Å²) in [6, 6.07) is 6.32. The number of rotatable bonds is 2. The molecule has 0 saturated carbocycles. The highest BCUT2D eigenvalue weighted by molar-refractivity contribution is 9.10. The molecule has 4 nitrogen and oxygen atoms in total. The Bertz CT molecular complexity index is 631. The fourth-order valence-electron chi connectivity index (χ4n) is 2.77. The van der Waals surface area contributed by atoms with E-state index in [0.717, 1.165) is 28.6 Å². The lowest BCUT2D eigenvalue weighted by Crippen LogP contribution is -2.32. The minimum Gasteiger partial charge on any atom is -0.305 e. The Kier molecular flexibility index (Phi) is 3.03. The van der Waals surface area contributed by atoms with E-state index in [4.69, 9.17) is 0 Å². The van der Waals surface area contributed by atoms with Crippen LogP contribution in [0.2, 0.25) is 0 Å². The van der Waals surface area contributed by atoms with Gasteiger partial charge >= 0.3 is 5.69 Å². The lowest BCUT2D eigenvalue weighted by atomic mass is 10.2. The van der Waals surface area contributed by atoms with Crippen LogP contribution in [0, 0.1) is 0 Å². The van der Waals surface area contributed by atoms with E-state index < -0.39 is 0 Å². The van der Waals surface area contributed by atoms with Gasteiger partial charge in [-0.1, -0.05) is 6.07 Å². The van der Waals surface area contributed by atoms with Crippen LogP contribution < -0.4 is 5.69 Å².